The number of nitrogens with zero attached hydrogens (tertiary/aromatic N) is 2. The van der Waals surface area contributed by atoms with Gasteiger partial charge in [-0.1, -0.05) is 13.8 Å². The summed E-state index contributed by atoms with van der Waals surface area (Å²) in [7, 11) is 0. The van der Waals surface area contributed by atoms with Crippen LogP contribution < -0.4 is 4.74 Å². The van der Waals surface area contributed by atoms with Crippen LogP contribution in [0.5, 0.6) is 5.75 Å². The van der Waals surface area contributed by atoms with Crippen LogP contribution in [0.4, 0.5) is 4.39 Å². The van der Waals surface area contributed by atoms with E-state index < -0.39 is 5.82 Å². The van der Waals surface area contributed by atoms with Gasteiger partial charge in [0.05, 0.1) is 6.20 Å². The van der Waals surface area contributed by atoms with E-state index in [4.69, 9.17) is 4.74 Å². The van der Waals surface area contributed by atoms with Crippen LogP contribution in [0.1, 0.15) is 13.8 Å². The van der Waals surface area contributed by atoms with Gasteiger partial charge in [0.25, 0.3) is 0 Å². The van der Waals surface area contributed by atoms with Crippen LogP contribution in [0.3, 0.4) is 0 Å². The van der Waals surface area contributed by atoms with Crippen molar-refractivity contribution in [2.75, 3.05) is 26.2 Å². The number of hydrogen-bond donors (Lipinski definition) is 0. The molecule has 1 heterocycles. The van der Waals surface area contributed by atoms with E-state index in [1.807, 2.05) is 0 Å². The second kappa shape index (κ2) is 6.35. The molecular formula is C11H16FN2O. The average Bonchev–Trinajstić information content (AvgIpc) is 2.25. The van der Waals surface area contributed by atoms with Crippen molar-refractivity contribution in [2.24, 2.45) is 0 Å². The Morgan fingerprint density at radius 2 is 2.20 bits per heavy atom. The van der Waals surface area contributed by atoms with Crippen LogP contribution in [0.25, 0.3) is 0 Å². The molecule has 1 rings (SSSR count). The lowest BCUT2D eigenvalue weighted by Crippen LogP contribution is -2.27. The molecule has 0 saturated carbocycles. The van der Waals surface area contributed by atoms with Crippen molar-refractivity contribution in [3.8, 4) is 5.75 Å². The highest BCUT2D eigenvalue weighted by Crippen LogP contribution is 2.08. The van der Waals surface area contributed by atoms with Crippen molar-refractivity contribution in [2.45, 2.75) is 13.8 Å². The Bertz CT molecular complexity index is 290. The number of pyridine rings is 1. The van der Waals surface area contributed by atoms with Gasteiger partial charge >= 0.3 is 0 Å². The summed E-state index contributed by atoms with van der Waals surface area (Å²) in [6.45, 7) is 7.58. The van der Waals surface area contributed by atoms with Gasteiger partial charge in [-0.05, 0) is 13.1 Å². The largest absolute Gasteiger partial charge is 0.491 e. The lowest BCUT2D eigenvalue weighted by molar-refractivity contribution is 0.222. The summed E-state index contributed by atoms with van der Waals surface area (Å²) < 4.78 is 18.0. The molecule has 0 unspecified atom stereocenters. The van der Waals surface area contributed by atoms with E-state index in [-0.39, 0.29) is 0 Å². The van der Waals surface area contributed by atoms with Crippen molar-refractivity contribution >= 4 is 0 Å². The summed E-state index contributed by atoms with van der Waals surface area (Å²) in [5.41, 5.74) is 0. The smallest absolute Gasteiger partial charge is 0.154 e. The van der Waals surface area contributed by atoms with Gasteiger partial charge in [-0.15, -0.1) is 0 Å². The van der Waals surface area contributed by atoms with E-state index in [0.29, 0.717) is 12.4 Å². The van der Waals surface area contributed by atoms with Crippen molar-refractivity contribution in [3.63, 3.8) is 0 Å². The number of rotatable bonds is 6. The van der Waals surface area contributed by atoms with Gasteiger partial charge in [-0.25, -0.2) is 9.37 Å². The molecule has 3 nitrogen and oxygen atoms in total. The molecule has 0 amide bonds. The summed E-state index contributed by atoms with van der Waals surface area (Å²) in [5.74, 6) is -0.0336. The second-order valence-corrected chi connectivity index (χ2v) is 3.14. The maximum atomic E-state index is 12.7. The standard InChI is InChI=1S/C11H16FN2O/c1-3-14(4-2)5-6-15-11-7-10(12)8-13-9-11/h7,9H,3-6H2,1-2H3. The Labute approximate surface area is 89.9 Å². The summed E-state index contributed by atoms with van der Waals surface area (Å²) >= 11 is 0. The fourth-order valence-corrected chi connectivity index (χ4v) is 1.26. The Kier molecular flexibility index (Phi) is 5.04. The van der Waals surface area contributed by atoms with Crippen molar-refractivity contribution in [1.82, 2.24) is 9.88 Å². The summed E-state index contributed by atoms with van der Waals surface area (Å²) in [6, 6.07) is 1.29. The molecule has 1 radical (unpaired) electrons. The highest BCUT2D eigenvalue weighted by atomic mass is 19.1. The SMILES string of the molecule is CCN(CC)CCOc1cn[c]c(F)c1. The second-order valence-electron chi connectivity index (χ2n) is 3.14. The molecule has 4 heteroatoms. The van der Waals surface area contributed by atoms with Gasteiger partial charge in [-0.3, -0.25) is 0 Å². The first kappa shape index (κ1) is 11.9. The zero-order valence-electron chi connectivity index (χ0n) is 9.16. The van der Waals surface area contributed by atoms with Crippen molar-refractivity contribution in [3.05, 3.63) is 24.3 Å². The van der Waals surface area contributed by atoms with Gasteiger partial charge in [0.1, 0.15) is 18.6 Å². The van der Waals surface area contributed by atoms with Crippen LogP contribution in [0.2, 0.25) is 0 Å². The Balaban J connectivity index is 2.31. The zero-order chi connectivity index (χ0) is 11.1. The molecule has 1 aromatic heterocycles. The quantitative estimate of drug-likeness (QED) is 0.716. The van der Waals surface area contributed by atoms with E-state index in [0.717, 1.165) is 19.6 Å². The normalized spacial score (nSPS) is 10.7. The first-order chi connectivity index (χ1) is 7.26. The molecular weight excluding hydrogens is 195 g/mol. The molecule has 0 atom stereocenters. The molecule has 1 aromatic rings. The Hall–Kier alpha value is -1.16. The topological polar surface area (TPSA) is 25.4 Å². The number of aromatic nitrogens is 1. The predicted molar refractivity (Wildman–Crippen MR) is 56.3 cm³/mol. The molecule has 0 saturated heterocycles. The third-order valence-electron chi connectivity index (χ3n) is 2.20. The minimum atomic E-state index is -0.490. The van der Waals surface area contributed by atoms with Crippen LogP contribution >= 0.6 is 0 Å². The van der Waals surface area contributed by atoms with E-state index in [2.05, 4.69) is 29.9 Å². The molecule has 0 aliphatic heterocycles. The van der Waals surface area contributed by atoms with E-state index in [1.54, 1.807) is 0 Å². The van der Waals surface area contributed by atoms with E-state index in [9.17, 15) is 4.39 Å². The van der Waals surface area contributed by atoms with E-state index in [1.165, 1.54) is 12.3 Å². The highest BCUT2D eigenvalue weighted by Gasteiger charge is 2.00. The van der Waals surface area contributed by atoms with Crippen LogP contribution in [-0.4, -0.2) is 36.1 Å². The first-order valence-electron chi connectivity index (χ1n) is 5.14. The van der Waals surface area contributed by atoms with Gasteiger partial charge in [-0.2, -0.15) is 0 Å². The molecule has 0 bridgehead atoms. The molecule has 0 N–H and O–H groups in total. The number of hydrogen-bond acceptors (Lipinski definition) is 3. The number of likely N-dealkylation sites (N-methyl/N-ethyl adjacent to an activating group) is 1. The monoisotopic (exact) mass is 211 g/mol. The van der Waals surface area contributed by atoms with E-state index >= 15 is 0 Å². The fourth-order valence-electron chi connectivity index (χ4n) is 1.26. The van der Waals surface area contributed by atoms with Crippen LogP contribution in [-0.2, 0) is 0 Å². The van der Waals surface area contributed by atoms with Gasteiger partial charge in [0, 0.05) is 12.6 Å². The summed E-state index contributed by atoms with van der Waals surface area (Å²) in [6.07, 6.45) is 3.65. The minimum absolute atomic E-state index is 0.457. The van der Waals surface area contributed by atoms with Crippen molar-refractivity contribution < 1.29 is 9.13 Å². The van der Waals surface area contributed by atoms with Crippen LogP contribution in [0, 0.1) is 12.0 Å². The highest BCUT2D eigenvalue weighted by molar-refractivity contribution is 5.16. The fraction of sp³-hybridized carbons (Fsp3) is 0.545. The molecule has 0 fully saturated rings. The third kappa shape index (κ3) is 4.25. The number of ether oxygens (including phenoxy) is 1. The summed E-state index contributed by atoms with van der Waals surface area (Å²) in [5, 5.41) is 0. The lowest BCUT2D eigenvalue weighted by Gasteiger charge is -2.17. The average molecular weight is 211 g/mol. The molecule has 0 aromatic carbocycles. The molecule has 15 heavy (non-hydrogen) atoms. The van der Waals surface area contributed by atoms with Crippen molar-refractivity contribution in [1.29, 1.82) is 0 Å². The summed E-state index contributed by atoms with van der Waals surface area (Å²) in [4.78, 5) is 5.82. The Morgan fingerprint density at radius 3 is 2.80 bits per heavy atom. The number of halogens is 1. The predicted octanol–water partition coefficient (Wildman–Crippen LogP) is 1.74. The lowest BCUT2D eigenvalue weighted by atomic mass is 10.4. The molecule has 0 aliphatic carbocycles. The third-order valence-corrected chi connectivity index (χ3v) is 2.20. The molecule has 83 valence electrons. The minimum Gasteiger partial charge on any atom is -0.491 e. The maximum Gasteiger partial charge on any atom is 0.154 e. The maximum absolute atomic E-state index is 12.7. The van der Waals surface area contributed by atoms with Gasteiger partial charge in [0.2, 0.25) is 0 Å². The van der Waals surface area contributed by atoms with Gasteiger partial charge < -0.3 is 9.64 Å². The first-order valence-corrected chi connectivity index (χ1v) is 5.14. The van der Waals surface area contributed by atoms with Gasteiger partial charge in [0.15, 0.2) is 5.82 Å². The zero-order valence-corrected chi connectivity index (χ0v) is 9.16. The molecule has 0 aliphatic rings. The molecule has 0 spiro atoms. The Morgan fingerprint density at radius 1 is 1.47 bits per heavy atom. The van der Waals surface area contributed by atoms with Crippen LogP contribution in [0.15, 0.2) is 12.3 Å².